The van der Waals surface area contributed by atoms with Gasteiger partial charge >= 0.3 is 0 Å². The summed E-state index contributed by atoms with van der Waals surface area (Å²) in [5.74, 6) is 0. The van der Waals surface area contributed by atoms with Gasteiger partial charge in [-0.05, 0) is 45.5 Å². The Kier molecular flexibility index (Phi) is 5.58. The Bertz CT molecular complexity index is 832. The first kappa shape index (κ1) is 18.5. The van der Waals surface area contributed by atoms with E-state index in [0.29, 0.717) is 11.4 Å². The maximum atomic E-state index is 13.3. The highest BCUT2D eigenvalue weighted by Gasteiger charge is 2.32. The summed E-state index contributed by atoms with van der Waals surface area (Å²) in [6, 6.07) is 7.20. The van der Waals surface area contributed by atoms with E-state index >= 15 is 0 Å². The number of sulfonamides is 1. The lowest BCUT2D eigenvalue weighted by molar-refractivity contribution is 0.270. The van der Waals surface area contributed by atoms with Crippen LogP contribution in [0.2, 0.25) is 0 Å². The van der Waals surface area contributed by atoms with Crippen LogP contribution < -0.4 is 0 Å². The first-order valence-corrected chi connectivity index (χ1v) is 11.0. The second-order valence-corrected chi connectivity index (χ2v) is 9.36. The van der Waals surface area contributed by atoms with Crippen LogP contribution in [0.5, 0.6) is 0 Å². The van der Waals surface area contributed by atoms with Crippen molar-refractivity contribution in [3.05, 3.63) is 35.3 Å². The molecule has 0 spiro atoms. The fourth-order valence-electron chi connectivity index (χ4n) is 3.28. The van der Waals surface area contributed by atoms with E-state index in [0.717, 1.165) is 42.2 Å². The molecule has 1 saturated heterocycles. The first-order chi connectivity index (χ1) is 11.9. The Balaban J connectivity index is 1.96. The van der Waals surface area contributed by atoms with Gasteiger partial charge in [0, 0.05) is 35.8 Å². The second kappa shape index (κ2) is 7.53. The van der Waals surface area contributed by atoms with Gasteiger partial charge in [-0.25, -0.2) is 13.4 Å². The molecule has 3 rings (SSSR count). The highest BCUT2D eigenvalue weighted by Crippen LogP contribution is 2.28. The van der Waals surface area contributed by atoms with Gasteiger partial charge in [-0.3, -0.25) is 0 Å². The maximum absolute atomic E-state index is 13.3. The van der Waals surface area contributed by atoms with Gasteiger partial charge in [0.05, 0.1) is 4.90 Å². The lowest BCUT2D eigenvalue weighted by Gasteiger charge is -2.29. The van der Waals surface area contributed by atoms with E-state index in [-0.39, 0.29) is 6.04 Å². The largest absolute Gasteiger partial charge is 0.305 e. The summed E-state index contributed by atoms with van der Waals surface area (Å²) in [6.07, 6.45) is 1.67. The van der Waals surface area contributed by atoms with E-state index in [1.165, 1.54) is 0 Å². The Morgan fingerprint density at radius 2 is 2.12 bits per heavy atom. The average Bonchev–Trinajstić information content (AvgIpc) is 2.93. The molecular formula is C18H25N3O2S2. The van der Waals surface area contributed by atoms with Crippen LogP contribution >= 0.6 is 11.3 Å². The summed E-state index contributed by atoms with van der Waals surface area (Å²) in [4.78, 5) is 7.06. The molecule has 7 heteroatoms. The maximum Gasteiger partial charge on any atom is 0.243 e. The molecule has 1 aromatic carbocycles. The van der Waals surface area contributed by atoms with Crippen LogP contribution in [0, 0.1) is 6.92 Å². The topological polar surface area (TPSA) is 53.5 Å². The number of aryl methyl sites for hydroxylation is 1. The van der Waals surface area contributed by atoms with E-state index in [1.807, 2.05) is 24.4 Å². The number of thiazole rings is 1. The van der Waals surface area contributed by atoms with Crippen LogP contribution in [-0.4, -0.2) is 55.3 Å². The zero-order chi connectivity index (χ0) is 18.0. The number of nitrogens with zero attached hydrogens (tertiary/aromatic N) is 3. The van der Waals surface area contributed by atoms with Gasteiger partial charge in [0.2, 0.25) is 10.0 Å². The Morgan fingerprint density at radius 1 is 1.32 bits per heavy atom. The van der Waals surface area contributed by atoms with Gasteiger partial charge in [0.25, 0.3) is 0 Å². The van der Waals surface area contributed by atoms with E-state index in [1.54, 1.807) is 27.8 Å². The minimum absolute atomic E-state index is 0.0169. The predicted molar refractivity (Wildman–Crippen MR) is 102 cm³/mol. The molecule has 1 aliphatic rings. The lowest BCUT2D eigenvalue weighted by atomic mass is 10.2. The number of aromatic nitrogens is 1. The summed E-state index contributed by atoms with van der Waals surface area (Å²) in [5.41, 5.74) is 1.81. The molecule has 0 aliphatic carbocycles. The molecule has 136 valence electrons. The predicted octanol–water partition coefficient (Wildman–Crippen LogP) is 3.22. The van der Waals surface area contributed by atoms with Crippen LogP contribution in [0.3, 0.4) is 0 Å². The van der Waals surface area contributed by atoms with Crippen LogP contribution in [0.25, 0.3) is 10.6 Å². The molecule has 0 amide bonds. The average molecular weight is 380 g/mol. The van der Waals surface area contributed by atoms with Gasteiger partial charge < -0.3 is 4.90 Å². The molecule has 2 heterocycles. The Morgan fingerprint density at radius 3 is 2.80 bits per heavy atom. The first-order valence-electron chi connectivity index (χ1n) is 8.64. The van der Waals surface area contributed by atoms with Gasteiger partial charge in [0.15, 0.2) is 0 Å². The number of likely N-dealkylation sites (N-methyl/N-ethyl adjacent to an activating group) is 1. The number of benzene rings is 1. The lowest BCUT2D eigenvalue weighted by Crippen LogP contribution is -2.43. The number of rotatable bonds is 4. The third-order valence-corrected chi connectivity index (χ3v) is 7.58. The second-order valence-electron chi connectivity index (χ2n) is 6.62. The molecule has 2 aromatic rings. The van der Waals surface area contributed by atoms with Crippen molar-refractivity contribution < 1.29 is 8.42 Å². The van der Waals surface area contributed by atoms with Crippen molar-refractivity contribution >= 4 is 21.4 Å². The minimum atomic E-state index is -3.51. The SMILES string of the molecule is CC[C@H]1CN(C)CCCN1S(=O)(=O)c1cccc(-c2nc(C)cs2)c1. The van der Waals surface area contributed by atoms with Gasteiger partial charge in [-0.15, -0.1) is 11.3 Å². The van der Waals surface area contributed by atoms with E-state index < -0.39 is 10.0 Å². The molecule has 0 N–H and O–H groups in total. The minimum Gasteiger partial charge on any atom is -0.305 e. The van der Waals surface area contributed by atoms with E-state index in [9.17, 15) is 8.42 Å². The fourth-order valence-corrected chi connectivity index (χ4v) is 5.85. The third kappa shape index (κ3) is 3.95. The Hall–Kier alpha value is -1.28. The number of hydrogen-bond donors (Lipinski definition) is 0. The monoisotopic (exact) mass is 379 g/mol. The van der Waals surface area contributed by atoms with Crippen LogP contribution in [-0.2, 0) is 10.0 Å². The van der Waals surface area contributed by atoms with Crippen molar-refractivity contribution in [2.75, 3.05) is 26.7 Å². The van der Waals surface area contributed by atoms with Crippen molar-refractivity contribution in [3.8, 4) is 10.6 Å². The van der Waals surface area contributed by atoms with Crippen molar-refractivity contribution in [2.24, 2.45) is 0 Å². The van der Waals surface area contributed by atoms with Crippen LogP contribution in [0.4, 0.5) is 0 Å². The molecule has 0 saturated carbocycles. The third-order valence-electron chi connectivity index (χ3n) is 4.63. The molecule has 1 fully saturated rings. The number of hydrogen-bond acceptors (Lipinski definition) is 5. The highest BCUT2D eigenvalue weighted by molar-refractivity contribution is 7.89. The zero-order valence-corrected chi connectivity index (χ0v) is 16.6. The molecule has 1 aliphatic heterocycles. The molecular weight excluding hydrogens is 354 g/mol. The quantitative estimate of drug-likeness (QED) is 0.818. The summed E-state index contributed by atoms with van der Waals surface area (Å²) >= 11 is 1.54. The molecule has 1 aromatic heterocycles. The molecule has 25 heavy (non-hydrogen) atoms. The van der Waals surface area contributed by atoms with Crippen LogP contribution in [0.1, 0.15) is 25.5 Å². The molecule has 0 bridgehead atoms. The van der Waals surface area contributed by atoms with Crippen molar-refractivity contribution in [2.45, 2.75) is 37.6 Å². The smallest absolute Gasteiger partial charge is 0.243 e. The van der Waals surface area contributed by atoms with Gasteiger partial charge in [-0.1, -0.05) is 19.1 Å². The van der Waals surface area contributed by atoms with Gasteiger partial charge in [0.1, 0.15) is 5.01 Å². The summed E-state index contributed by atoms with van der Waals surface area (Å²) < 4.78 is 28.3. The van der Waals surface area contributed by atoms with Gasteiger partial charge in [-0.2, -0.15) is 4.31 Å². The molecule has 0 unspecified atom stereocenters. The van der Waals surface area contributed by atoms with Crippen LogP contribution in [0.15, 0.2) is 34.5 Å². The highest BCUT2D eigenvalue weighted by atomic mass is 32.2. The standard InChI is InChI=1S/C18H25N3O2S2/c1-4-16-12-20(3)9-6-10-21(16)25(22,23)17-8-5-7-15(11-17)18-19-14(2)13-24-18/h5,7-8,11,13,16H,4,6,9-10,12H2,1-3H3/t16-/m0/s1. The molecule has 5 nitrogen and oxygen atoms in total. The fraction of sp³-hybridized carbons (Fsp3) is 0.500. The molecule has 1 atom stereocenters. The van der Waals surface area contributed by atoms with Crippen molar-refractivity contribution in [1.29, 1.82) is 0 Å². The Labute approximate surface area is 154 Å². The summed E-state index contributed by atoms with van der Waals surface area (Å²) in [7, 11) is -1.45. The molecule has 0 radical (unpaired) electrons. The normalized spacial score (nSPS) is 20.5. The summed E-state index contributed by atoms with van der Waals surface area (Å²) in [6.45, 7) is 6.29. The van der Waals surface area contributed by atoms with E-state index in [4.69, 9.17) is 0 Å². The summed E-state index contributed by atoms with van der Waals surface area (Å²) in [5, 5.41) is 2.84. The van der Waals surface area contributed by atoms with Crippen molar-refractivity contribution in [3.63, 3.8) is 0 Å². The van der Waals surface area contributed by atoms with E-state index in [2.05, 4.69) is 23.9 Å². The zero-order valence-electron chi connectivity index (χ0n) is 15.0. The van der Waals surface area contributed by atoms with Crippen molar-refractivity contribution in [1.82, 2.24) is 14.2 Å².